The summed E-state index contributed by atoms with van der Waals surface area (Å²) < 4.78 is 0. The molecule has 0 aliphatic rings. The molecule has 0 rings (SSSR count). The Morgan fingerprint density at radius 2 is 1.84 bits per heavy atom. The van der Waals surface area contributed by atoms with Crippen LogP contribution in [0, 0.1) is 0 Å². The van der Waals surface area contributed by atoms with E-state index in [1.165, 1.54) is 0 Å². The molecule has 0 heterocycles. The highest BCUT2D eigenvalue weighted by Gasteiger charge is 2.14. The molecule has 0 aliphatic carbocycles. The number of carbonyl (C=O) groups excluding carboxylic acids is 1. The third kappa shape index (κ3) is 11.0. The Morgan fingerprint density at radius 1 is 1.32 bits per heavy atom. The van der Waals surface area contributed by atoms with E-state index >= 15 is 0 Å². The lowest BCUT2D eigenvalue weighted by atomic mass is 10.1. The number of rotatable bonds is 4. The van der Waals surface area contributed by atoms with Crippen LogP contribution >= 0.6 is 24.0 Å². The molecule has 0 fully saturated rings. The predicted molar refractivity (Wildman–Crippen MR) is 92.2 cm³/mol. The van der Waals surface area contributed by atoms with Gasteiger partial charge in [0, 0.05) is 25.7 Å². The van der Waals surface area contributed by atoms with Crippen molar-refractivity contribution in [3.63, 3.8) is 0 Å². The van der Waals surface area contributed by atoms with Gasteiger partial charge in [-0.05, 0) is 34.1 Å². The van der Waals surface area contributed by atoms with Gasteiger partial charge in [-0.15, -0.1) is 24.0 Å². The maximum Gasteiger partial charge on any atom is 0.243 e. The minimum atomic E-state index is -0.0829. The smallest absolute Gasteiger partial charge is 0.243 e. The number of nitrogens with one attached hydrogen (secondary N) is 2. The van der Waals surface area contributed by atoms with Crippen molar-refractivity contribution in [1.29, 1.82) is 0 Å². The average molecular weight is 384 g/mol. The lowest BCUT2D eigenvalue weighted by molar-refractivity contribution is -0.127. The Morgan fingerprint density at radius 3 is 2.21 bits per heavy atom. The maximum absolute atomic E-state index is 11.5. The molecular formula is C13H29IN4O. The molecule has 0 saturated carbocycles. The molecule has 19 heavy (non-hydrogen) atoms. The summed E-state index contributed by atoms with van der Waals surface area (Å²) in [5.41, 5.74) is -0.0829. The number of nitrogens with zero attached hydrogens (tertiary/aromatic N) is 2. The topological polar surface area (TPSA) is 56.7 Å². The second-order valence-corrected chi connectivity index (χ2v) is 5.78. The standard InChI is InChI=1S/C13H28N4O.HI/c1-8-10(2)15-12(16-13(3,4)5)14-9-11(18)17(6)7;/h10H,8-9H2,1-7H3,(H2,14,15,16);1H. The molecule has 0 bridgehead atoms. The molecule has 1 unspecified atom stereocenters. The highest BCUT2D eigenvalue weighted by molar-refractivity contribution is 14.0. The molecule has 1 amide bonds. The summed E-state index contributed by atoms with van der Waals surface area (Å²) in [5.74, 6) is 0.682. The Labute approximate surface area is 134 Å². The fourth-order valence-electron chi connectivity index (χ4n) is 1.10. The fourth-order valence-corrected chi connectivity index (χ4v) is 1.10. The molecule has 0 aromatic heterocycles. The van der Waals surface area contributed by atoms with E-state index in [-0.39, 0.29) is 42.0 Å². The van der Waals surface area contributed by atoms with Crippen LogP contribution in [0.1, 0.15) is 41.0 Å². The van der Waals surface area contributed by atoms with Crippen molar-refractivity contribution >= 4 is 35.8 Å². The Balaban J connectivity index is 0. The summed E-state index contributed by atoms with van der Waals surface area (Å²) in [6, 6.07) is 0.327. The third-order valence-corrected chi connectivity index (χ3v) is 2.36. The third-order valence-electron chi connectivity index (χ3n) is 2.36. The molecule has 0 spiro atoms. The molecule has 2 N–H and O–H groups in total. The zero-order valence-electron chi connectivity index (χ0n) is 13.2. The average Bonchev–Trinajstić information content (AvgIpc) is 2.22. The first-order chi connectivity index (χ1) is 8.15. The van der Waals surface area contributed by atoms with Crippen molar-refractivity contribution in [2.45, 2.75) is 52.6 Å². The van der Waals surface area contributed by atoms with Gasteiger partial charge in [0.15, 0.2) is 5.96 Å². The number of hydrogen-bond donors (Lipinski definition) is 2. The van der Waals surface area contributed by atoms with Crippen LogP contribution in [0.2, 0.25) is 0 Å². The SMILES string of the molecule is CCC(C)NC(=NCC(=O)N(C)C)NC(C)(C)C.I. The summed E-state index contributed by atoms with van der Waals surface area (Å²) in [4.78, 5) is 17.4. The molecule has 0 aliphatic heterocycles. The van der Waals surface area contributed by atoms with Crippen molar-refractivity contribution in [2.24, 2.45) is 4.99 Å². The number of likely N-dealkylation sites (N-methyl/N-ethyl adjacent to an activating group) is 1. The van der Waals surface area contributed by atoms with Crippen molar-refractivity contribution < 1.29 is 4.79 Å². The minimum Gasteiger partial charge on any atom is -0.354 e. The molecule has 0 saturated heterocycles. The van der Waals surface area contributed by atoms with E-state index in [4.69, 9.17) is 0 Å². The molecule has 0 aromatic carbocycles. The molecule has 5 nitrogen and oxygen atoms in total. The van der Waals surface area contributed by atoms with Gasteiger partial charge >= 0.3 is 0 Å². The van der Waals surface area contributed by atoms with E-state index in [2.05, 4.69) is 50.2 Å². The first kappa shape index (κ1) is 20.8. The van der Waals surface area contributed by atoms with Gasteiger partial charge in [-0.1, -0.05) is 6.92 Å². The monoisotopic (exact) mass is 384 g/mol. The van der Waals surface area contributed by atoms with Crippen LogP contribution in [0.5, 0.6) is 0 Å². The first-order valence-electron chi connectivity index (χ1n) is 6.45. The quantitative estimate of drug-likeness (QED) is 0.442. The fraction of sp³-hybridized carbons (Fsp3) is 0.846. The van der Waals surface area contributed by atoms with Gasteiger partial charge in [0.05, 0.1) is 0 Å². The lowest BCUT2D eigenvalue weighted by Gasteiger charge is -2.26. The highest BCUT2D eigenvalue weighted by Crippen LogP contribution is 1.99. The number of hydrogen-bond acceptors (Lipinski definition) is 2. The van der Waals surface area contributed by atoms with Gasteiger partial charge in [-0.2, -0.15) is 0 Å². The summed E-state index contributed by atoms with van der Waals surface area (Å²) in [6.07, 6.45) is 1.01. The van der Waals surface area contributed by atoms with Crippen molar-refractivity contribution in [2.75, 3.05) is 20.6 Å². The molecule has 1 atom stereocenters. The van der Waals surface area contributed by atoms with E-state index in [0.717, 1.165) is 6.42 Å². The van der Waals surface area contributed by atoms with Gasteiger partial charge in [0.1, 0.15) is 6.54 Å². The first-order valence-corrected chi connectivity index (χ1v) is 6.45. The number of aliphatic imine (C=N–C) groups is 1. The van der Waals surface area contributed by atoms with Crippen LogP contribution < -0.4 is 10.6 Å². The van der Waals surface area contributed by atoms with Crippen molar-refractivity contribution in [1.82, 2.24) is 15.5 Å². The number of halogens is 1. The summed E-state index contributed by atoms with van der Waals surface area (Å²) in [7, 11) is 3.47. The van der Waals surface area contributed by atoms with E-state index < -0.39 is 0 Å². The zero-order chi connectivity index (χ0) is 14.3. The van der Waals surface area contributed by atoms with Crippen LogP contribution in [0.4, 0.5) is 0 Å². The maximum atomic E-state index is 11.5. The summed E-state index contributed by atoms with van der Waals surface area (Å²) >= 11 is 0. The van der Waals surface area contributed by atoms with Crippen molar-refractivity contribution in [3.8, 4) is 0 Å². The van der Waals surface area contributed by atoms with Gasteiger partial charge in [0.2, 0.25) is 5.91 Å². The highest BCUT2D eigenvalue weighted by atomic mass is 127. The van der Waals surface area contributed by atoms with Crippen LogP contribution in [0.25, 0.3) is 0 Å². The number of amides is 1. The zero-order valence-corrected chi connectivity index (χ0v) is 15.5. The predicted octanol–water partition coefficient (Wildman–Crippen LogP) is 1.82. The Hall–Kier alpha value is -0.530. The van der Waals surface area contributed by atoms with Gasteiger partial charge in [-0.3, -0.25) is 4.79 Å². The van der Waals surface area contributed by atoms with Gasteiger partial charge in [0.25, 0.3) is 0 Å². The minimum absolute atomic E-state index is 0. The van der Waals surface area contributed by atoms with Crippen LogP contribution in [0.15, 0.2) is 4.99 Å². The Bertz CT molecular complexity index is 298. The largest absolute Gasteiger partial charge is 0.354 e. The van der Waals surface area contributed by atoms with E-state index in [0.29, 0.717) is 12.0 Å². The summed E-state index contributed by atoms with van der Waals surface area (Å²) in [5, 5.41) is 6.57. The molecule has 6 heteroatoms. The van der Waals surface area contributed by atoms with Crippen molar-refractivity contribution in [3.05, 3.63) is 0 Å². The molecular weight excluding hydrogens is 355 g/mol. The number of guanidine groups is 1. The lowest BCUT2D eigenvalue weighted by Crippen LogP contribution is -2.50. The van der Waals surface area contributed by atoms with E-state index in [1.54, 1.807) is 19.0 Å². The van der Waals surface area contributed by atoms with Crippen LogP contribution in [0.3, 0.4) is 0 Å². The molecule has 0 radical (unpaired) electrons. The van der Waals surface area contributed by atoms with Gasteiger partial charge in [-0.25, -0.2) is 4.99 Å². The van der Waals surface area contributed by atoms with Crippen LogP contribution in [-0.2, 0) is 4.79 Å². The van der Waals surface area contributed by atoms with E-state index in [9.17, 15) is 4.79 Å². The summed E-state index contributed by atoms with van der Waals surface area (Å²) in [6.45, 7) is 10.6. The normalized spacial score (nSPS) is 13.3. The van der Waals surface area contributed by atoms with Gasteiger partial charge < -0.3 is 15.5 Å². The van der Waals surface area contributed by atoms with Crippen LogP contribution in [-0.4, -0.2) is 49.0 Å². The Kier molecular flexibility index (Phi) is 10.3. The second kappa shape index (κ2) is 9.39. The van der Waals surface area contributed by atoms with E-state index in [1.807, 2.05) is 0 Å². The number of carbonyl (C=O) groups is 1. The second-order valence-electron chi connectivity index (χ2n) is 5.78. The molecule has 114 valence electrons. The molecule has 0 aromatic rings.